The Morgan fingerprint density at radius 2 is 1.45 bits per heavy atom. The molecule has 4 aliphatic rings. The van der Waals surface area contributed by atoms with Crippen molar-refractivity contribution >= 4 is 0 Å². The molecule has 0 amide bonds. The number of fused-ring (bicyclic) bond motifs is 5. The Kier molecular flexibility index (Phi) is 18.1. The summed E-state index contributed by atoms with van der Waals surface area (Å²) in [6.07, 6.45) is 23.2. The normalized spacial score (nSPS) is 36.3. The van der Waals surface area contributed by atoms with Crippen LogP contribution in [0.25, 0.3) is 0 Å². The summed E-state index contributed by atoms with van der Waals surface area (Å²) in [5.74, 6) is 3.92. The van der Waals surface area contributed by atoms with E-state index < -0.39 is 0 Å². The predicted octanol–water partition coefficient (Wildman–Crippen LogP) is 8.12. The Balaban J connectivity index is 1.47. The van der Waals surface area contributed by atoms with Crippen molar-refractivity contribution in [1.82, 2.24) is 5.32 Å². The van der Waals surface area contributed by atoms with Gasteiger partial charge in [-0.3, -0.25) is 0 Å². The molecule has 0 bridgehead atoms. The third kappa shape index (κ3) is 10.7. The van der Waals surface area contributed by atoms with E-state index in [0.717, 1.165) is 58.7 Å². The molecule has 0 heterocycles. The zero-order valence-electron chi connectivity index (χ0n) is 32.9. The lowest BCUT2D eigenvalue weighted by Crippen LogP contribution is -2.63. The summed E-state index contributed by atoms with van der Waals surface area (Å²) in [5, 5.41) is 3.77. The number of hydrogen-bond donors (Lipinski definition) is 3. The van der Waals surface area contributed by atoms with Crippen molar-refractivity contribution in [3.05, 3.63) is 0 Å². The van der Waals surface area contributed by atoms with Crippen LogP contribution in [0.3, 0.4) is 0 Å². The van der Waals surface area contributed by atoms with Crippen LogP contribution in [-0.4, -0.2) is 78.0 Å². The number of hydrogen-bond acceptors (Lipinski definition) is 7. The molecular formula is C42H81N3O4. The first-order valence-corrected chi connectivity index (χ1v) is 21.3. The topological polar surface area (TPSA) is 101 Å². The van der Waals surface area contributed by atoms with E-state index in [1.54, 1.807) is 7.11 Å². The Morgan fingerprint density at radius 1 is 0.735 bits per heavy atom. The Bertz CT molecular complexity index is 894. The van der Waals surface area contributed by atoms with Crippen molar-refractivity contribution in [2.45, 2.75) is 162 Å². The summed E-state index contributed by atoms with van der Waals surface area (Å²) in [6, 6.07) is 0. The number of ether oxygens (including phenoxy) is 4. The van der Waals surface area contributed by atoms with Crippen molar-refractivity contribution in [2.75, 3.05) is 59.7 Å². The number of nitrogens with one attached hydrogen (secondary N) is 1. The highest BCUT2D eigenvalue weighted by molar-refractivity contribution is 5.15. The van der Waals surface area contributed by atoms with Gasteiger partial charge in [-0.25, -0.2) is 0 Å². The average Bonchev–Trinajstić information content (AvgIpc) is 3.46. The van der Waals surface area contributed by atoms with Gasteiger partial charge in [0.25, 0.3) is 0 Å². The fraction of sp³-hybridized carbons (Fsp3) is 1.00. The number of rotatable bonds is 25. The number of methoxy groups -OCH3 is 1. The fourth-order valence-corrected chi connectivity index (χ4v) is 11.6. The van der Waals surface area contributed by atoms with E-state index in [-0.39, 0.29) is 5.41 Å². The second-order valence-electron chi connectivity index (χ2n) is 17.3. The first-order valence-electron chi connectivity index (χ1n) is 21.3. The van der Waals surface area contributed by atoms with Crippen LogP contribution in [-0.2, 0) is 18.9 Å². The molecule has 0 aromatic rings. The molecule has 0 aromatic carbocycles. The van der Waals surface area contributed by atoms with Crippen molar-refractivity contribution < 1.29 is 18.9 Å². The summed E-state index contributed by atoms with van der Waals surface area (Å²) < 4.78 is 25.9. The largest absolute Gasteiger partial charge is 0.385 e. The van der Waals surface area contributed by atoms with Crippen LogP contribution >= 0.6 is 0 Å². The summed E-state index contributed by atoms with van der Waals surface area (Å²) in [6.45, 7) is 17.1. The van der Waals surface area contributed by atoms with Gasteiger partial charge in [-0.15, -0.1) is 0 Å². The molecule has 0 unspecified atom stereocenters. The Labute approximate surface area is 302 Å². The van der Waals surface area contributed by atoms with E-state index >= 15 is 0 Å². The second kappa shape index (κ2) is 21.4. The Hall–Kier alpha value is -0.280. The number of unbranched alkanes of at least 4 members (excludes halogenated alkanes) is 5. The molecule has 0 radical (unpaired) electrons. The van der Waals surface area contributed by atoms with Crippen LogP contribution in [0.2, 0.25) is 0 Å². The molecule has 7 heteroatoms. The van der Waals surface area contributed by atoms with Gasteiger partial charge >= 0.3 is 0 Å². The Morgan fingerprint density at radius 3 is 2.20 bits per heavy atom. The van der Waals surface area contributed by atoms with Gasteiger partial charge in [0.15, 0.2) is 0 Å². The quantitative estimate of drug-likeness (QED) is 0.0832. The van der Waals surface area contributed by atoms with E-state index in [9.17, 15) is 0 Å². The van der Waals surface area contributed by atoms with Crippen molar-refractivity contribution in [2.24, 2.45) is 57.8 Å². The summed E-state index contributed by atoms with van der Waals surface area (Å²) in [5.41, 5.74) is 12.3. The molecule has 288 valence electrons. The third-order valence-electron chi connectivity index (χ3n) is 14.4. The van der Waals surface area contributed by atoms with Crippen LogP contribution in [0.5, 0.6) is 0 Å². The zero-order chi connectivity index (χ0) is 35.1. The van der Waals surface area contributed by atoms with Crippen LogP contribution in [0.15, 0.2) is 0 Å². The number of nitrogens with two attached hydrogens (primary N) is 2. The molecule has 4 fully saturated rings. The van der Waals surface area contributed by atoms with E-state index in [2.05, 4.69) is 33.0 Å². The maximum Gasteiger partial charge on any atom is 0.0637 e. The molecule has 0 spiro atoms. The first kappa shape index (κ1) is 41.5. The van der Waals surface area contributed by atoms with Crippen molar-refractivity contribution in [1.29, 1.82) is 0 Å². The lowest BCUT2D eigenvalue weighted by molar-refractivity contribution is -0.227. The highest BCUT2D eigenvalue weighted by Gasteiger charge is 2.66. The molecular weight excluding hydrogens is 610 g/mol. The molecule has 49 heavy (non-hydrogen) atoms. The van der Waals surface area contributed by atoms with E-state index in [0.29, 0.717) is 72.3 Å². The van der Waals surface area contributed by atoms with Gasteiger partial charge in [0.1, 0.15) is 0 Å². The molecule has 4 aliphatic carbocycles. The molecule has 4 rings (SSSR count). The van der Waals surface area contributed by atoms with Gasteiger partial charge < -0.3 is 35.7 Å². The van der Waals surface area contributed by atoms with Crippen LogP contribution < -0.4 is 16.8 Å². The van der Waals surface area contributed by atoms with Gasteiger partial charge in [-0.1, -0.05) is 59.8 Å². The third-order valence-corrected chi connectivity index (χ3v) is 14.4. The summed E-state index contributed by atoms with van der Waals surface area (Å²) in [7, 11) is 1.80. The van der Waals surface area contributed by atoms with Crippen LogP contribution in [0.1, 0.15) is 143 Å². The van der Waals surface area contributed by atoms with E-state index in [1.807, 2.05) is 0 Å². The van der Waals surface area contributed by atoms with Gasteiger partial charge in [0.05, 0.1) is 18.3 Å². The van der Waals surface area contributed by atoms with E-state index in [4.69, 9.17) is 30.4 Å². The first-order chi connectivity index (χ1) is 23.8. The van der Waals surface area contributed by atoms with Crippen LogP contribution in [0.4, 0.5) is 0 Å². The highest BCUT2D eigenvalue weighted by Crippen LogP contribution is 2.69. The molecule has 4 saturated carbocycles. The van der Waals surface area contributed by atoms with Gasteiger partial charge in [-0.2, -0.15) is 0 Å². The molecule has 0 aliphatic heterocycles. The van der Waals surface area contributed by atoms with Crippen molar-refractivity contribution in [3.8, 4) is 0 Å². The average molecular weight is 692 g/mol. The van der Waals surface area contributed by atoms with E-state index in [1.165, 1.54) is 96.4 Å². The minimum absolute atomic E-state index is 0.182. The maximum atomic E-state index is 7.05. The van der Waals surface area contributed by atoms with Crippen molar-refractivity contribution in [3.63, 3.8) is 0 Å². The highest BCUT2D eigenvalue weighted by atomic mass is 16.5. The molecule has 0 aromatic heterocycles. The maximum absolute atomic E-state index is 7.05. The monoisotopic (exact) mass is 692 g/mol. The molecule has 11 atom stereocenters. The smallest absolute Gasteiger partial charge is 0.0637 e. The molecule has 7 nitrogen and oxygen atoms in total. The van der Waals surface area contributed by atoms with Gasteiger partial charge in [0, 0.05) is 39.0 Å². The lowest BCUT2D eigenvalue weighted by Gasteiger charge is -2.65. The SMILES string of the molecule is CCCCCCCCNCCC[C@@H](C)[C@H]1CC[C@H]2[C@@H]3[C@H](OCCCOC)C[C@@H]4C[C@H](OCCCN)CC[C@]4(C)[C@H]3C[C@H](OCCCN)[C@]12C. The second-order valence-corrected chi connectivity index (χ2v) is 17.3. The predicted molar refractivity (Wildman–Crippen MR) is 204 cm³/mol. The lowest BCUT2D eigenvalue weighted by atomic mass is 9.43. The fourth-order valence-electron chi connectivity index (χ4n) is 11.6. The molecule has 5 N–H and O–H groups in total. The van der Waals surface area contributed by atoms with Crippen LogP contribution in [0, 0.1) is 46.3 Å². The van der Waals surface area contributed by atoms with Gasteiger partial charge in [0.2, 0.25) is 0 Å². The standard InChI is InChI=1S/C42H81N3O4/c1-6-7-8-9-10-11-23-45-24-12-16-32(2)35-17-18-36-40-37(31-39(42(35,36)4)49-27-14-22-44)41(3)20-19-34(47-26-13-21-43)29-33(41)30-38(40)48-28-15-25-46-5/h32-40,45H,6-31,43-44H2,1-5H3/t32-,33+,34-,35-,36+,37+,38-,39+,40+,41+,42-/m1/s1. The summed E-state index contributed by atoms with van der Waals surface area (Å²) in [4.78, 5) is 0. The molecule has 0 saturated heterocycles. The summed E-state index contributed by atoms with van der Waals surface area (Å²) >= 11 is 0. The zero-order valence-corrected chi connectivity index (χ0v) is 32.9. The minimum atomic E-state index is 0.182. The van der Waals surface area contributed by atoms with Gasteiger partial charge in [-0.05, 0) is 151 Å². The minimum Gasteiger partial charge on any atom is -0.385 e.